The molecule has 0 bridgehead atoms. The van der Waals surface area contributed by atoms with E-state index in [0.29, 0.717) is 12.0 Å². The molecule has 1 aliphatic heterocycles. The number of nitrogens with one attached hydrogen (secondary N) is 2. The first-order valence-corrected chi connectivity index (χ1v) is 12.1. The summed E-state index contributed by atoms with van der Waals surface area (Å²) >= 11 is 5.51. The van der Waals surface area contributed by atoms with Crippen LogP contribution in [0.15, 0.2) is 21.6 Å². The molecular formula is C21H29BrN4OS. The first-order chi connectivity index (χ1) is 13.5. The Morgan fingerprint density at radius 1 is 1.39 bits per heavy atom. The van der Waals surface area contributed by atoms with Gasteiger partial charge in [0, 0.05) is 53.0 Å². The van der Waals surface area contributed by atoms with Gasteiger partial charge in [0.15, 0.2) is 0 Å². The van der Waals surface area contributed by atoms with Gasteiger partial charge >= 0.3 is 6.03 Å². The van der Waals surface area contributed by atoms with Gasteiger partial charge in [0.25, 0.3) is 0 Å². The molecule has 1 saturated heterocycles. The average molecular weight is 465 g/mol. The summed E-state index contributed by atoms with van der Waals surface area (Å²) in [5, 5.41) is 5.98. The Labute approximate surface area is 179 Å². The fraction of sp³-hybridized carbons (Fsp3) is 0.571. The first kappa shape index (κ1) is 20.1. The van der Waals surface area contributed by atoms with Crippen molar-refractivity contribution >= 4 is 44.6 Å². The Kier molecular flexibility index (Phi) is 5.69. The number of fused-ring (bicyclic) bond motifs is 2. The van der Waals surface area contributed by atoms with Crippen molar-refractivity contribution in [3.63, 3.8) is 0 Å². The molecule has 0 saturated carbocycles. The van der Waals surface area contributed by atoms with E-state index in [1.165, 1.54) is 27.1 Å². The molecule has 5 nitrogen and oxygen atoms in total. The van der Waals surface area contributed by atoms with Crippen LogP contribution in [0.1, 0.15) is 37.3 Å². The molecule has 0 radical (unpaired) electrons. The molecule has 2 aromatic rings. The van der Waals surface area contributed by atoms with E-state index in [9.17, 15) is 4.79 Å². The number of carbonyl (C=O) groups excluding carboxylic acids is 1. The zero-order valence-electron chi connectivity index (χ0n) is 17.0. The van der Waals surface area contributed by atoms with Crippen molar-refractivity contribution in [2.45, 2.75) is 49.7 Å². The van der Waals surface area contributed by atoms with Crippen molar-refractivity contribution in [2.24, 2.45) is 0 Å². The number of urea groups is 1. The van der Waals surface area contributed by atoms with E-state index in [1.54, 1.807) is 11.8 Å². The van der Waals surface area contributed by atoms with Crippen molar-refractivity contribution in [3.05, 3.63) is 27.7 Å². The Morgan fingerprint density at radius 2 is 2.14 bits per heavy atom. The maximum atomic E-state index is 12.6. The molecule has 1 aromatic carbocycles. The highest BCUT2D eigenvalue weighted by atomic mass is 79.9. The monoisotopic (exact) mass is 464 g/mol. The number of aromatic nitrogens is 1. The highest BCUT2D eigenvalue weighted by molar-refractivity contribution is 9.10. The van der Waals surface area contributed by atoms with Gasteiger partial charge in [0.05, 0.1) is 5.03 Å². The van der Waals surface area contributed by atoms with Gasteiger partial charge in [0.2, 0.25) is 0 Å². The minimum Gasteiger partial charge on any atom is -0.349 e. The van der Waals surface area contributed by atoms with Gasteiger partial charge in [-0.15, -0.1) is 11.8 Å². The number of amides is 2. The number of likely N-dealkylation sites (tertiary alicyclic amines) is 1. The molecule has 2 amide bonds. The lowest BCUT2D eigenvalue weighted by Gasteiger charge is -2.46. The molecule has 1 aliphatic carbocycles. The quantitative estimate of drug-likeness (QED) is 0.658. The number of hydrogen-bond donors (Lipinski definition) is 2. The predicted octanol–water partition coefficient (Wildman–Crippen LogP) is 4.42. The molecule has 2 aliphatic rings. The summed E-state index contributed by atoms with van der Waals surface area (Å²) in [4.78, 5) is 20.5. The van der Waals surface area contributed by atoms with E-state index < -0.39 is 0 Å². The lowest BCUT2D eigenvalue weighted by atomic mass is 9.74. The fourth-order valence-corrected chi connectivity index (χ4v) is 6.21. The van der Waals surface area contributed by atoms with E-state index in [1.807, 2.05) is 18.7 Å². The zero-order valence-corrected chi connectivity index (χ0v) is 19.4. The molecule has 2 heterocycles. The molecule has 1 fully saturated rings. The lowest BCUT2D eigenvalue weighted by molar-refractivity contribution is 0.123. The second kappa shape index (κ2) is 7.92. The molecule has 0 unspecified atom stereocenters. The molecule has 28 heavy (non-hydrogen) atoms. The number of halogens is 1. The number of H-pyrrole nitrogens is 1. The summed E-state index contributed by atoms with van der Waals surface area (Å²) < 4.78 is 1.12. The SMILES string of the molecule is CCN(CC)C(=O)N[C@H]1C[C@@H]2c3cc(Br)cc4[nH]c(SC)c(c34)C[C@H]2N(C)C1. The fourth-order valence-electron chi connectivity index (χ4n) is 5.09. The summed E-state index contributed by atoms with van der Waals surface area (Å²) in [6.45, 7) is 6.45. The maximum absolute atomic E-state index is 12.6. The number of benzene rings is 1. The van der Waals surface area contributed by atoms with Crippen LogP contribution in [-0.4, -0.2) is 65.8 Å². The minimum atomic E-state index is 0.0593. The van der Waals surface area contributed by atoms with Crippen LogP contribution in [-0.2, 0) is 6.42 Å². The first-order valence-electron chi connectivity index (χ1n) is 10.1. The normalized spacial score (nSPS) is 24.2. The summed E-state index contributed by atoms with van der Waals surface area (Å²) in [5.74, 6) is 0.429. The van der Waals surface area contributed by atoms with E-state index in [2.05, 4.69) is 56.6 Å². The van der Waals surface area contributed by atoms with Gasteiger partial charge in [-0.2, -0.15) is 0 Å². The van der Waals surface area contributed by atoms with E-state index in [0.717, 1.165) is 36.9 Å². The molecule has 152 valence electrons. The van der Waals surface area contributed by atoms with E-state index >= 15 is 0 Å². The van der Waals surface area contributed by atoms with Gasteiger partial charge in [-0.3, -0.25) is 0 Å². The molecule has 2 N–H and O–H groups in total. The number of likely N-dealkylation sites (N-methyl/N-ethyl adjacent to an activating group) is 1. The summed E-state index contributed by atoms with van der Waals surface area (Å²) in [7, 11) is 2.21. The van der Waals surface area contributed by atoms with Crippen molar-refractivity contribution < 1.29 is 4.79 Å². The molecule has 3 atom stereocenters. The van der Waals surface area contributed by atoms with Crippen LogP contribution >= 0.6 is 27.7 Å². The van der Waals surface area contributed by atoms with Crippen molar-refractivity contribution in [1.29, 1.82) is 0 Å². The lowest BCUT2D eigenvalue weighted by Crippen LogP contribution is -2.56. The highest BCUT2D eigenvalue weighted by Gasteiger charge is 2.41. The largest absolute Gasteiger partial charge is 0.349 e. The maximum Gasteiger partial charge on any atom is 0.317 e. The average Bonchev–Trinajstić information content (AvgIpc) is 3.01. The molecule has 4 rings (SSSR count). The summed E-state index contributed by atoms with van der Waals surface area (Å²) in [5.41, 5.74) is 4.10. The molecule has 7 heteroatoms. The third-order valence-corrected chi connectivity index (χ3v) is 7.64. The van der Waals surface area contributed by atoms with Crippen LogP contribution in [0.2, 0.25) is 0 Å². The zero-order chi connectivity index (χ0) is 20.0. The van der Waals surface area contributed by atoms with Crippen LogP contribution < -0.4 is 5.32 Å². The Hall–Kier alpha value is -1.18. The van der Waals surface area contributed by atoms with Crippen LogP contribution in [0, 0.1) is 0 Å². The smallest absolute Gasteiger partial charge is 0.317 e. The van der Waals surface area contributed by atoms with Crippen LogP contribution in [0.3, 0.4) is 0 Å². The molecule has 0 spiro atoms. The number of rotatable bonds is 4. The van der Waals surface area contributed by atoms with Gasteiger partial charge in [0.1, 0.15) is 0 Å². The van der Waals surface area contributed by atoms with E-state index in [-0.39, 0.29) is 12.1 Å². The third kappa shape index (κ3) is 3.35. The van der Waals surface area contributed by atoms with Crippen molar-refractivity contribution in [3.8, 4) is 0 Å². The topological polar surface area (TPSA) is 51.4 Å². The number of hydrogen-bond acceptors (Lipinski definition) is 3. The van der Waals surface area contributed by atoms with Gasteiger partial charge in [-0.05, 0) is 63.3 Å². The number of carbonyl (C=O) groups is 1. The van der Waals surface area contributed by atoms with Crippen molar-refractivity contribution in [2.75, 3.05) is 32.9 Å². The number of aromatic amines is 1. The van der Waals surface area contributed by atoms with Crippen LogP contribution in [0.5, 0.6) is 0 Å². The molecular weight excluding hydrogens is 436 g/mol. The Bertz CT molecular complexity index is 894. The number of thioether (sulfide) groups is 1. The van der Waals surface area contributed by atoms with Crippen LogP contribution in [0.4, 0.5) is 4.79 Å². The molecule has 1 aromatic heterocycles. The minimum absolute atomic E-state index is 0.0593. The third-order valence-electron chi connectivity index (χ3n) is 6.43. The number of nitrogens with zero attached hydrogens (tertiary/aromatic N) is 2. The second-order valence-electron chi connectivity index (χ2n) is 7.93. The van der Waals surface area contributed by atoms with Gasteiger partial charge in [-0.25, -0.2) is 4.79 Å². The van der Waals surface area contributed by atoms with Gasteiger partial charge in [-0.1, -0.05) is 15.9 Å². The second-order valence-corrected chi connectivity index (χ2v) is 9.66. The highest BCUT2D eigenvalue weighted by Crippen LogP contribution is 2.46. The predicted molar refractivity (Wildman–Crippen MR) is 121 cm³/mol. The summed E-state index contributed by atoms with van der Waals surface area (Å²) in [6.07, 6.45) is 4.21. The van der Waals surface area contributed by atoms with Gasteiger partial charge < -0.3 is 20.1 Å². The summed E-state index contributed by atoms with van der Waals surface area (Å²) in [6, 6.07) is 5.20. The number of piperidine rings is 1. The Balaban J connectivity index is 1.68. The van der Waals surface area contributed by atoms with Crippen LogP contribution in [0.25, 0.3) is 10.9 Å². The Morgan fingerprint density at radius 3 is 2.82 bits per heavy atom. The van der Waals surface area contributed by atoms with Crippen molar-refractivity contribution in [1.82, 2.24) is 20.1 Å². The standard InChI is InChI=1S/C21H29BrN4OS/c1-5-26(6-2)21(27)23-13-9-14-15-7-12(22)8-17-19(15)16(20(24-17)28-4)10-18(14)25(3)11-13/h7-8,13-14,18,24H,5-6,9-11H2,1-4H3,(H,23,27)/t13-,14+,18+/m0/s1. The van der Waals surface area contributed by atoms with E-state index in [4.69, 9.17) is 0 Å².